The van der Waals surface area contributed by atoms with E-state index in [2.05, 4.69) is 46.7 Å². The number of hydrogen-bond donors (Lipinski definition) is 1. The number of aromatic carboxylic acids is 1. The van der Waals surface area contributed by atoms with Crippen molar-refractivity contribution in [1.82, 2.24) is 19.9 Å². The molecule has 1 aliphatic rings. The summed E-state index contributed by atoms with van der Waals surface area (Å²) in [4.78, 5) is 26.3. The average molecular weight is 340 g/mol. The Morgan fingerprint density at radius 2 is 1.96 bits per heavy atom. The molecule has 25 heavy (non-hydrogen) atoms. The van der Waals surface area contributed by atoms with Gasteiger partial charge in [0.1, 0.15) is 5.82 Å². The molecule has 0 radical (unpaired) electrons. The second-order valence-electron chi connectivity index (χ2n) is 7.60. The van der Waals surface area contributed by atoms with Crippen molar-refractivity contribution in [2.75, 3.05) is 6.54 Å². The molecule has 6 heteroatoms. The number of pyridine rings is 1. The van der Waals surface area contributed by atoms with Crippen LogP contribution in [0.3, 0.4) is 0 Å². The first-order valence-corrected chi connectivity index (χ1v) is 8.58. The van der Waals surface area contributed by atoms with Crippen LogP contribution in [0.1, 0.15) is 67.0 Å². The molecule has 0 bridgehead atoms. The van der Waals surface area contributed by atoms with Crippen molar-refractivity contribution < 1.29 is 9.90 Å². The van der Waals surface area contributed by atoms with Gasteiger partial charge >= 0.3 is 5.97 Å². The van der Waals surface area contributed by atoms with E-state index in [1.807, 2.05) is 12.4 Å². The van der Waals surface area contributed by atoms with E-state index in [-0.39, 0.29) is 17.0 Å². The summed E-state index contributed by atoms with van der Waals surface area (Å²) in [6.07, 6.45) is 8.70. The largest absolute Gasteiger partial charge is 0.478 e. The molecule has 3 rings (SSSR count). The predicted octanol–water partition coefficient (Wildman–Crippen LogP) is 3.20. The minimum Gasteiger partial charge on any atom is -0.478 e. The highest BCUT2D eigenvalue weighted by Gasteiger charge is 2.28. The van der Waals surface area contributed by atoms with E-state index in [0.29, 0.717) is 5.82 Å². The number of nitrogens with zero attached hydrogens (tertiary/aromatic N) is 4. The van der Waals surface area contributed by atoms with Crippen LogP contribution in [-0.2, 0) is 12.0 Å². The van der Waals surface area contributed by atoms with Crippen LogP contribution in [-0.4, -0.2) is 37.5 Å². The molecule has 1 fully saturated rings. The van der Waals surface area contributed by atoms with E-state index < -0.39 is 5.97 Å². The molecule has 0 spiro atoms. The monoisotopic (exact) mass is 340 g/mol. The summed E-state index contributed by atoms with van der Waals surface area (Å²) < 4.78 is 0. The normalized spacial score (nSPS) is 18.4. The van der Waals surface area contributed by atoms with Crippen molar-refractivity contribution in [3.63, 3.8) is 0 Å². The summed E-state index contributed by atoms with van der Waals surface area (Å²) in [6, 6.07) is 2.35. The lowest BCUT2D eigenvalue weighted by Gasteiger charge is -2.24. The molecule has 1 saturated heterocycles. The Morgan fingerprint density at radius 3 is 2.60 bits per heavy atom. The van der Waals surface area contributed by atoms with Gasteiger partial charge < -0.3 is 5.11 Å². The van der Waals surface area contributed by atoms with E-state index >= 15 is 0 Å². The molecule has 0 aromatic carbocycles. The van der Waals surface area contributed by atoms with Crippen LogP contribution in [0.25, 0.3) is 0 Å². The third-order valence-corrected chi connectivity index (χ3v) is 4.63. The van der Waals surface area contributed by atoms with Crippen molar-refractivity contribution in [1.29, 1.82) is 0 Å². The number of carboxylic acids is 1. The zero-order valence-corrected chi connectivity index (χ0v) is 14.9. The van der Waals surface area contributed by atoms with Gasteiger partial charge in [0.2, 0.25) is 0 Å². The van der Waals surface area contributed by atoms with Gasteiger partial charge in [-0.25, -0.2) is 14.8 Å². The molecule has 1 unspecified atom stereocenters. The van der Waals surface area contributed by atoms with Gasteiger partial charge in [0.15, 0.2) is 0 Å². The number of carboxylic acid groups (broad SMARTS) is 1. The molecular weight excluding hydrogens is 316 g/mol. The summed E-state index contributed by atoms with van der Waals surface area (Å²) in [6.45, 7) is 8.33. The van der Waals surface area contributed by atoms with Gasteiger partial charge in [-0.2, -0.15) is 0 Å². The van der Waals surface area contributed by atoms with Gasteiger partial charge in [-0.15, -0.1) is 0 Å². The van der Waals surface area contributed by atoms with E-state index in [4.69, 9.17) is 5.11 Å². The molecule has 1 atom stereocenters. The summed E-state index contributed by atoms with van der Waals surface area (Å²) >= 11 is 0. The second-order valence-corrected chi connectivity index (χ2v) is 7.60. The quantitative estimate of drug-likeness (QED) is 0.921. The van der Waals surface area contributed by atoms with Gasteiger partial charge in [-0.1, -0.05) is 26.8 Å². The van der Waals surface area contributed by atoms with E-state index in [0.717, 1.165) is 25.9 Å². The van der Waals surface area contributed by atoms with E-state index in [9.17, 15) is 4.79 Å². The Hall–Kier alpha value is -2.34. The Bertz CT molecular complexity index is 753. The average Bonchev–Trinajstić information content (AvgIpc) is 3.02. The Balaban J connectivity index is 1.77. The van der Waals surface area contributed by atoms with Crippen LogP contribution in [0.2, 0.25) is 0 Å². The number of aromatic nitrogens is 3. The topological polar surface area (TPSA) is 79.2 Å². The van der Waals surface area contributed by atoms with Crippen molar-refractivity contribution in [2.45, 2.75) is 51.6 Å². The highest BCUT2D eigenvalue weighted by atomic mass is 16.4. The van der Waals surface area contributed by atoms with Crippen molar-refractivity contribution in [3.8, 4) is 0 Å². The Labute approximate surface area is 148 Å². The number of carbonyl (C=O) groups is 1. The van der Waals surface area contributed by atoms with Crippen LogP contribution in [0, 0.1) is 0 Å². The maximum atomic E-state index is 11.0. The first kappa shape index (κ1) is 17.5. The molecule has 2 aromatic heterocycles. The minimum atomic E-state index is -1.00. The van der Waals surface area contributed by atoms with Crippen LogP contribution in [0.15, 0.2) is 30.9 Å². The Morgan fingerprint density at radius 1 is 1.24 bits per heavy atom. The van der Waals surface area contributed by atoms with Crippen LogP contribution in [0.4, 0.5) is 0 Å². The zero-order valence-electron chi connectivity index (χ0n) is 14.9. The lowest BCUT2D eigenvalue weighted by Crippen LogP contribution is -2.25. The maximum absolute atomic E-state index is 11.0. The first-order valence-electron chi connectivity index (χ1n) is 8.58. The number of rotatable bonds is 4. The van der Waals surface area contributed by atoms with Gasteiger partial charge in [0.25, 0.3) is 0 Å². The van der Waals surface area contributed by atoms with Crippen molar-refractivity contribution >= 4 is 5.97 Å². The molecule has 2 aromatic rings. The SMILES string of the molecule is CC(C)(C)c1cncc(CN2CCCC2c2ncc(C(=O)O)cn2)c1. The fourth-order valence-corrected chi connectivity index (χ4v) is 3.15. The lowest BCUT2D eigenvalue weighted by molar-refractivity contribution is 0.0695. The standard InChI is InChI=1S/C19H24N4O2/c1-19(2,3)15-7-13(8-20-11-15)12-23-6-4-5-16(23)17-21-9-14(10-22-17)18(24)25/h7-11,16H,4-6,12H2,1-3H3,(H,24,25). The maximum Gasteiger partial charge on any atom is 0.338 e. The second kappa shape index (κ2) is 6.88. The third-order valence-electron chi connectivity index (χ3n) is 4.63. The van der Waals surface area contributed by atoms with E-state index in [1.54, 1.807) is 0 Å². The molecule has 6 nitrogen and oxygen atoms in total. The van der Waals surface area contributed by atoms with Crippen LogP contribution in [0.5, 0.6) is 0 Å². The first-order chi connectivity index (χ1) is 11.8. The van der Waals surface area contributed by atoms with Crippen LogP contribution >= 0.6 is 0 Å². The summed E-state index contributed by atoms with van der Waals surface area (Å²) in [5.41, 5.74) is 2.60. The van der Waals surface area contributed by atoms with Gasteiger partial charge in [0, 0.05) is 31.3 Å². The minimum absolute atomic E-state index is 0.0726. The van der Waals surface area contributed by atoms with Crippen LogP contribution < -0.4 is 0 Å². The fraction of sp³-hybridized carbons (Fsp3) is 0.474. The van der Waals surface area contributed by atoms with Gasteiger partial charge in [0.05, 0.1) is 11.6 Å². The van der Waals surface area contributed by atoms with Gasteiger partial charge in [-0.3, -0.25) is 9.88 Å². The molecule has 0 aliphatic carbocycles. The summed E-state index contributed by atoms with van der Waals surface area (Å²) in [5, 5.41) is 8.98. The molecule has 1 N–H and O–H groups in total. The lowest BCUT2D eigenvalue weighted by atomic mass is 9.87. The molecule has 0 saturated carbocycles. The number of likely N-dealkylation sites (tertiary alicyclic amines) is 1. The predicted molar refractivity (Wildman–Crippen MR) is 94.3 cm³/mol. The Kier molecular flexibility index (Phi) is 4.81. The fourth-order valence-electron chi connectivity index (χ4n) is 3.15. The smallest absolute Gasteiger partial charge is 0.338 e. The van der Waals surface area contributed by atoms with Gasteiger partial charge in [-0.05, 0) is 35.9 Å². The number of hydrogen-bond acceptors (Lipinski definition) is 5. The molecule has 132 valence electrons. The highest BCUT2D eigenvalue weighted by Crippen LogP contribution is 2.31. The zero-order chi connectivity index (χ0) is 18.0. The van der Waals surface area contributed by atoms with Crippen molar-refractivity contribution in [3.05, 3.63) is 53.4 Å². The molecular formula is C19H24N4O2. The third kappa shape index (κ3) is 4.02. The summed E-state index contributed by atoms with van der Waals surface area (Å²) in [5.74, 6) is -0.303. The highest BCUT2D eigenvalue weighted by molar-refractivity contribution is 5.86. The molecule has 3 heterocycles. The summed E-state index contributed by atoms with van der Waals surface area (Å²) in [7, 11) is 0. The molecule has 1 aliphatic heterocycles. The molecule has 0 amide bonds. The van der Waals surface area contributed by atoms with E-state index in [1.165, 1.54) is 23.5 Å². The van der Waals surface area contributed by atoms with Crippen molar-refractivity contribution in [2.24, 2.45) is 0 Å².